The van der Waals surface area contributed by atoms with Gasteiger partial charge in [0.15, 0.2) is 0 Å². The van der Waals surface area contributed by atoms with Crippen LogP contribution < -0.4 is 4.74 Å². The molecule has 9 heteroatoms. The molecule has 4 nitrogen and oxygen atoms in total. The number of hydrogen-bond acceptors (Lipinski definition) is 5. The van der Waals surface area contributed by atoms with Crippen molar-refractivity contribution in [2.24, 2.45) is 0 Å². The average Bonchev–Trinajstić information content (AvgIpc) is 3.07. The first kappa shape index (κ1) is 21.1. The summed E-state index contributed by atoms with van der Waals surface area (Å²) < 4.78 is 44.2. The predicted octanol–water partition coefficient (Wildman–Crippen LogP) is 6.59. The molecule has 1 unspecified atom stereocenters. The zero-order valence-corrected chi connectivity index (χ0v) is 17.0. The Kier molecular flexibility index (Phi) is 6.10. The summed E-state index contributed by atoms with van der Waals surface area (Å²) in [6, 6.07) is 9.14. The second-order valence-corrected chi connectivity index (χ2v) is 7.60. The number of nitriles is 1. The van der Waals surface area contributed by atoms with E-state index in [9.17, 15) is 13.2 Å². The van der Waals surface area contributed by atoms with Crippen LogP contribution in [0.4, 0.5) is 13.2 Å². The summed E-state index contributed by atoms with van der Waals surface area (Å²) in [6.07, 6.45) is -2.97. The van der Waals surface area contributed by atoms with Gasteiger partial charge in [-0.25, -0.2) is 4.98 Å². The van der Waals surface area contributed by atoms with E-state index in [1.54, 1.807) is 18.2 Å². The molecule has 0 saturated heterocycles. The lowest BCUT2D eigenvalue weighted by Crippen LogP contribution is -2.07. The van der Waals surface area contributed by atoms with Crippen LogP contribution >= 0.6 is 22.9 Å². The van der Waals surface area contributed by atoms with E-state index >= 15 is 0 Å². The lowest BCUT2D eigenvalue weighted by molar-refractivity contribution is -0.141. The Bertz CT molecular complexity index is 1060. The van der Waals surface area contributed by atoms with Gasteiger partial charge >= 0.3 is 6.18 Å². The maximum atomic E-state index is 12.7. The zero-order valence-electron chi connectivity index (χ0n) is 15.4. The molecule has 0 aliphatic heterocycles. The first-order valence-electron chi connectivity index (χ1n) is 8.60. The highest BCUT2D eigenvalue weighted by molar-refractivity contribution is 7.15. The van der Waals surface area contributed by atoms with Gasteiger partial charge in [0.1, 0.15) is 28.6 Å². The molecule has 0 aliphatic rings. The van der Waals surface area contributed by atoms with Crippen molar-refractivity contribution in [1.82, 2.24) is 9.97 Å². The normalized spacial score (nSPS) is 12.4. The molecule has 3 aromatic rings. The number of nitrogens with zero attached hydrogens (tertiary/aromatic N) is 3. The molecular weight excluding hydrogens is 423 g/mol. The first-order chi connectivity index (χ1) is 13.7. The van der Waals surface area contributed by atoms with Crippen LogP contribution in [0, 0.1) is 18.3 Å². The van der Waals surface area contributed by atoms with Crippen molar-refractivity contribution < 1.29 is 17.9 Å². The Labute approximate surface area is 174 Å². The fourth-order valence-electron chi connectivity index (χ4n) is 2.66. The Balaban J connectivity index is 1.86. The summed E-state index contributed by atoms with van der Waals surface area (Å²) in [4.78, 5) is 8.83. The Morgan fingerprint density at radius 3 is 2.59 bits per heavy atom. The maximum Gasteiger partial charge on any atom is 0.433 e. The second-order valence-electron chi connectivity index (χ2n) is 6.17. The summed E-state index contributed by atoms with van der Waals surface area (Å²) in [5, 5.41) is 9.85. The molecule has 150 valence electrons. The summed E-state index contributed by atoms with van der Waals surface area (Å²) in [6.45, 7) is 3.78. The molecule has 29 heavy (non-hydrogen) atoms. The third-order valence-corrected chi connectivity index (χ3v) is 5.75. The van der Waals surface area contributed by atoms with Gasteiger partial charge in [0.05, 0.1) is 21.2 Å². The van der Waals surface area contributed by atoms with Gasteiger partial charge in [-0.05, 0) is 37.6 Å². The third kappa shape index (κ3) is 4.69. The number of pyridine rings is 1. The quantitative estimate of drug-likeness (QED) is 0.452. The molecule has 2 heterocycles. The number of ether oxygens (including phenoxy) is 1. The van der Waals surface area contributed by atoms with E-state index in [1.165, 1.54) is 23.6 Å². The Morgan fingerprint density at radius 1 is 1.28 bits per heavy atom. The van der Waals surface area contributed by atoms with Crippen molar-refractivity contribution in [3.05, 3.63) is 63.4 Å². The minimum absolute atomic E-state index is 0.303. The molecule has 0 spiro atoms. The molecule has 0 bridgehead atoms. The third-order valence-electron chi connectivity index (χ3n) is 4.14. The van der Waals surface area contributed by atoms with Gasteiger partial charge in [-0.2, -0.15) is 18.4 Å². The number of thiazole rings is 1. The smallest absolute Gasteiger partial charge is 0.433 e. The number of halogens is 4. The molecule has 0 radical (unpaired) electrons. The molecule has 3 rings (SSSR count). The molecule has 0 fully saturated rings. The molecular formula is C20H15ClF3N3OS. The van der Waals surface area contributed by atoms with E-state index in [0.717, 1.165) is 16.6 Å². The van der Waals surface area contributed by atoms with E-state index in [4.69, 9.17) is 21.6 Å². The van der Waals surface area contributed by atoms with Crippen molar-refractivity contribution in [3.8, 4) is 22.4 Å². The highest BCUT2D eigenvalue weighted by Gasteiger charge is 2.32. The van der Waals surface area contributed by atoms with Gasteiger partial charge in [0.25, 0.3) is 0 Å². The zero-order chi connectivity index (χ0) is 21.2. The van der Waals surface area contributed by atoms with Crippen LogP contribution in [0.1, 0.15) is 41.3 Å². The van der Waals surface area contributed by atoms with Crippen molar-refractivity contribution in [3.63, 3.8) is 0 Å². The monoisotopic (exact) mass is 437 g/mol. The summed E-state index contributed by atoms with van der Waals surface area (Å²) in [5.41, 5.74) is 0.658. The Hall–Kier alpha value is -2.63. The fraction of sp³-hybridized carbons (Fsp3) is 0.250. The molecule has 2 aromatic heterocycles. The van der Waals surface area contributed by atoms with E-state index in [1.807, 2.05) is 19.9 Å². The standard InChI is InChI=1S/C20H15ClF3N3OS/c1-3-16(28-14-6-4-12(9-25)15(21)8-14)18-11(2)27-19(29-18)13-5-7-17(26-10-13)20(22,23)24/h4-8,10,16H,3H2,1-2H3. The van der Waals surface area contributed by atoms with Gasteiger partial charge < -0.3 is 4.74 Å². The highest BCUT2D eigenvalue weighted by atomic mass is 35.5. The van der Waals surface area contributed by atoms with Crippen LogP contribution in [-0.4, -0.2) is 9.97 Å². The van der Waals surface area contributed by atoms with Gasteiger partial charge in [-0.1, -0.05) is 18.5 Å². The Morgan fingerprint density at radius 2 is 2.03 bits per heavy atom. The minimum atomic E-state index is -4.48. The van der Waals surface area contributed by atoms with Crippen molar-refractivity contribution in [2.75, 3.05) is 0 Å². The number of alkyl halides is 3. The van der Waals surface area contributed by atoms with E-state index in [0.29, 0.717) is 33.3 Å². The van der Waals surface area contributed by atoms with Crippen LogP contribution in [0.25, 0.3) is 10.6 Å². The number of aromatic nitrogens is 2. The van der Waals surface area contributed by atoms with Gasteiger partial charge in [0.2, 0.25) is 0 Å². The number of rotatable bonds is 5. The number of hydrogen-bond donors (Lipinski definition) is 0. The fourth-order valence-corrected chi connectivity index (χ4v) is 4.05. The SMILES string of the molecule is CCC(Oc1ccc(C#N)c(Cl)c1)c1sc(-c2ccc(C(F)(F)F)nc2)nc1C. The van der Waals surface area contributed by atoms with Gasteiger partial charge in [0, 0.05) is 17.8 Å². The highest BCUT2D eigenvalue weighted by Crippen LogP contribution is 2.37. The lowest BCUT2D eigenvalue weighted by atomic mass is 10.2. The van der Waals surface area contributed by atoms with Crippen molar-refractivity contribution in [2.45, 2.75) is 32.5 Å². The van der Waals surface area contributed by atoms with Crippen LogP contribution in [0.3, 0.4) is 0 Å². The van der Waals surface area contributed by atoms with Crippen LogP contribution in [0.2, 0.25) is 5.02 Å². The second kappa shape index (κ2) is 8.39. The van der Waals surface area contributed by atoms with Gasteiger partial charge in [-0.3, -0.25) is 4.98 Å². The van der Waals surface area contributed by atoms with E-state index < -0.39 is 11.9 Å². The van der Waals surface area contributed by atoms with E-state index in [2.05, 4.69) is 9.97 Å². The summed E-state index contributed by atoms with van der Waals surface area (Å²) in [5.74, 6) is 0.520. The van der Waals surface area contributed by atoms with E-state index in [-0.39, 0.29) is 6.10 Å². The molecule has 0 saturated carbocycles. The van der Waals surface area contributed by atoms with Crippen LogP contribution in [0.5, 0.6) is 5.75 Å². The molecule has 0 N–H and O–H groups in total. The van der Waals surface area contributed by atoms with Crippen molar-refractivity contribution >= 4 is 22.9 Å². The molecule has 1 atom stereocenters. The average molecular weight is 438 g/mol. The van der Waals surface area contributed by atoms with Crippen molar-refractivity contribution in [1.29, 1.82) is 5.26 Å². The minimum Gasteiger partial charge on any atom is -0.485 e. The topological polar surface area (TPSA) is 58.8 Å². The van der Waals surface area contributed by atoms with Crippen LogP contribution in [0.15, 0.2) is 36.5 Å². The summed E-state index contributed by atoms with van der Waals surface area (Å²) >= 11 is 7.41. The molecule has 1 aromatic carbocycles. The van der Waals surface area contributed by atoms with Gasteiger partial charge in [-0.15, -0.1) is 11.3 Å². The first-order valence-corrected chi connectivity index (χ1v) is 9.79. The molecule has 0 aliphatic carbocycles. The molecule has 0 amide bonds. The number of aryl methyl sites for hydroxylation is 1. The summed E-state index contributed by atoms with van der Waals surface area (Å²) in [7, 11) is 0. The van der Waals surface area contributed by atoms with Crippen LogP contribution in [-0.2, 0) is 6.18 Å². The number of benzene rings is 1. The predicted molar refractivity (Wildman–Crippen MR) is 105 cm³/mol. The lowest BCUT2D eigenvalue weighted by Gasteiger charge is -2.17. The largest absolute Gasteiger partial charge is 0.485 e. The maximum absolute atomic E-state index is 12.7.